The van der Waals surface area contributed by atoms with Crippen molar-refractivity contribution in [2.45, 2.75) is 19.4 Å². The first-order valence-corrected chi connectivity index (χ1v) is 4.43. The van der Waals surface area contributed by atoms with Crippen molar-refractivity contribution in [2.75, 3.05) is 0 Å². The summed E-state index contributed by atoms with van der Waals surface area (Å²) in [6.07, 6.45) is 0.0188. The monoisotopic (exact) mass is 207 g/mol. The lowest BCUT2D eigenvalue weighted by Crippen LogP contribution is -2.03. The first kappa shape index (κ1) is 11.2. The SMILES string of the molecule is CC(=O)CC(N=[N+]=[N-])c1ccccc1F. The minimum absolute atomic E-state index is 0.0188. The summed E-state index contributed by atoms with van der Waals surface area (Å²) in [5.74, 6) is -0.605. The van der Waals surface area contributed by atoms with E-state index in [1.165, 1.54) is 19.1 Å². The zero-order valence-corrected chi connectivity index (χ0v) is 8.22. The van der Waals surface area contributed by atoms with Gasteiger partial charge in [-0.05, 0) is 24.1 Å². The first-order chi connectivity index (χ1) is 7.15. The Bertz CT molecular complexity index is 413. The van der Waals surface area contributed by atoms with Crippen molar-refractivity contribution in [1.82, 2.24) is 0 Å². The lowest BCUT2D eigenvalue weighted by atomic mass is 10.0. The van der Waals surface area contributed by atoms with Crippen LogP contribution in [0.1, 0.15) is 24.9 Å². The second-order valence-corrected chi connectivity index (χ2v) is 3.15. The maximum Gasteiger partial charge on any atom is 0.130 e. The Hall–Kier alpha value is -1.87. The quantitative estimate of drug-likeness (QED) is 0.424. The zero-order valence-electron chi connectivity index (χ0n) is 8.22. The van der Waals surface area contributed by atoms with Gasteiger partial charge in [0.2, 0.25) is 0 Å². The summed E-state index contributed by atoms with van der Waals surface area (Å²) >= 11 is 0. The molecule has 0 aromatic heterocycles. The number of carbonyl (C=O) groups excluding carboxylic acids is 1. The third-order valence-electron chi connectivity index (χ3n) is 1.94. The van der Waals surface area contributed by atoms with E-state index in [2.05, 4.69) is 10.0 Å². The molecule has 1 unspecified atom stereocenters. The highest BCUT2D eigenvalue weighted by Gasteiger charge is 2.15. The second-order valence-electron chi connectivity index (χ2n) is 3.15. The molecule has 1 atom stereocenters. The number of azide groups is 1. The average Bonchev–Trinajstić information content (AvgIpc) is 2.17. The average molecular weight is 207 g/mol. The van der Waals surface area contributed by atoms with Crippen LogP contribution in [-0.2, 0) is 4.79 Å². The number of nitrogens with zero attached hydrogens (tertiary/aromatic N) is 3. The van der Waals surface area contributed by atoms with E-state index in [4.69, 9.17) is 5.53 Å². The smallest absolute Gasteiger partial charge is 0.130 e. The molecular formula is C10H10FN3O. The van der Waals surface area contributed by atoms with E-state index in [9.17, 15) is 9.18 Å². The van der Waals surface area contributed by atoms with Gasteiger partial charge in [-0.2, -0.15) is 0 Å². The van der Waals surface area contributed by atoms with Crippen LogP contribution in [0.4, 0.5) is 4.39 Å². The van der Waals surface area contributed by atoms with Crippen molar-refractivity contribution >= 4 is 5.78 Å². The van der Waals surface area contributed by atoms with Crippen LogP contribution in [0.3, 0.4) is 0 Å². The highest BCUT2D eigenvalue weighted by molar-refractivity contribution is 5.76. The van der Waals surface area contributed by atoms with Crippen LogP contribution < -0.4 is 0 Å². The normalized spacial score (nSPS) is 11.6. The van der Waals surface area contributed by atoms with Crippen molar-refractivity contribution in [3.63, 3.8) is 0 Å². The van der Waals surface area contributed by atoms with Gasteiger partial charge in [0.25, 0.3) is 0 Å². The summed E-state index contributed by atoms with van der Waals surface area (Å²) in [5.41, 5.74) is 8.58. The number of halogens is 1. The molecule has 0 bridgehead atoms. The summed E-state index contributed by atoms with van der Waals surface area (Å²) in [6.45, 7) is 1.38. The van der Waals surface area contributed by atoms with Crippen molar-refractivity contribution in [3.8, 4) is 0 Å². The fourth-order valence-electron chi connectivity index (χ4n) is 1.29. The van der Waals surface area contributed by atoms with Gasteiger partial charge in [0, 0.05) is 11.3 Å². The molecule has 0 aliphatic rings. The Labute approximate surface area is 86.4 Å². The predicted molar refractivity (Wildman–Crippen MR) is 53.6 cm³/mol. The van der Waals surface area contributed by atoms with Gasteiger partial charge in [-0.1, -0.05) is 23.3 Å². The summed E-state index contributed by atoms with van der Waals surface area (Å²) in [4.78, 5) is 13.5. The Kier molecular flexibility index (Phi) is 3.83. The van der Waals surface area contributed by atoms with Crippen molar-refractivity contribution in [3.05, 3.63) is 46.1 Å². The van der Waals surface area contributed by atoms with Crippen LogP contribution in [0.5, 0.6) is 0 Å². The Morgan fingerprint density at radius 2 is 2.27 bits per heavy atom. The Balaban J connectivity index is 3.03. The molecule has 1 rings (SSSR count). The first-order valence-electron chi connectivity index (χ1n) is 4.43. The predicted octanol–water partition coefficient (Wildman–Crippen LogP) is 3.16. The largest absolute Gasteiger partial charge is 0.300 e. The molecule has 0 fully saturated rings. The molecule has 0 aliphatic carbocycles. The maximum absolute atomic E-state index is 13.3. The van der Waals surface area contributed by atoms with E-state index < -0.39 is 11.9 Å². The van der Waals surface area contributed by atoms with E-state index in [0.29, 0.717) is 0 Å². The third kappa shape index (κ3) is 3.07. The minimum Gasteiger partial charge on any atom is -0.300 e. The molecule has 0 heterocycles. The van der Waals surface area contributed by atoms with Crippen molar-refractivity contribution in [1.29, 1.82) is 0 Å². The molecule has 0 aliphatic heterocycles. The summed E-state index contributed by atoms with van der Waals surface area (Å²) in [6, 6.07) is 5.21. The molecule has 4 nitrogen and oxygen atoms in total. The molecule has 0 radical (unpaired) electrons. The number of Topliss-reactive ketones (excluding diaryl/α,β-unsaturated/α-hetero) is 1. The number of benzene rings is 1. The van der Waals surface area contributed by atoms with Crippen LogP contribution in [-0.4, -0.2) is 5.78 Å². The van der Waals surface area contributed by atoms with E-state index in [-0.39, 0.29) is 17.8 Å². The highest BCUT2D eigenvalue weighted by Crippen LogP contribution is 2.24. The lowest BCUT2D eigenvalue weighted by molar-refractivity contribution is -0.117. The number of hydrogen-bond donors (Lipinski definition) is 0. The lowest BCUT2D eigenvalue weighted by Gasteiger charge is -2.09. The number of ketones is 1. The van der Waals surface area contributed by atoms with Crippen LogP contribution in [0.15, 0.2) is 29.4 Å². The van der Waals surface area contributed by atoms with E-state index >= 15 is 0 Å². The molecule has 15 heavy (non-hydrogen) atoms. The Morgan fingerprint density at radius 1 is 1.60 bits per heavy atom. The van der Waals surface area contributed by atoms with Crippen LogP contribution >= 0.6 is 0 Å². The molecule has 0 spiro atoms. The number of carbonyl (C=O) groups is 1. The molecule has 0 N–H and O–H groups in total. The maximum atomic E-state index is 13.3. The van der Waals surface area contributed by atoms with Gasteiger partial charge in [0.05, 0.1) is 6.04 Å². The summed E-state index contributed by atoms with van der Waals surface area (Å²) in [5, 5.41) is 3.42. The third-order valence-corrected chi connectivity index (χ3v) is 1.94. The highest BCUT2D eigenvalue weighted by atomic mass is 19.1. The van der Waals surface area contributed by atoms with Crippen molar-refractivity contribution in [2.24, 2.45) is 5.11 Å². The topological polar surface area (TPSA) is 65.8 Å². The van der Waals surface area contributed by atoms with Crippen LogP contribution in [0.2, 0.25) is 0 Å². The molecule has 0 saturated heterocycles. The molecule has 0 amide bonds. The van der Waals surface area contributed by atoms with Crippen LogP contribution in [0.25, 0.3) is 10.4 Å². The van der Waals surface area contributed by atoms with Gasteiger partial charge < -0.3 is 4.79 Å². The summed E-state index contributed by atoms with van der Waals surface area (Å²) in [7, 11) is 0. The molecule has 1 aromatic carbocycles. The molecular weight excluding hydrogens is 197 g/mol. The molecule has 5 heteroatoms. The van der Waals surface area contributed by atoms with Gasteiger partial charge in [-0.3, -0.25) is 0 Å². The fourth-order valence-corrected chi connectivity index (χ4v) is 1.29. The Morgan fingerprint density at radius 3 is 2.80 bits per heavy atom. The fraction of sp³-hybridized carbons (Fsp3) is 0.300. The van der Waals surface area contributed by atoms with E-state index in [1.807, 2.05) is 0 Å². The van der Waals surface area contributed by atoms with Crippen molar-refractivity contribution < 1.29 is 9.18 Å². The van der Waals surface area contributed by atoms with Gasteiger partial charge in [-0.25, -0.2) is 4.39 Å². The molecule has 0 saturated carbocycles. The minimum atomic E-state index is -0.756. The second kappa shape index (κ2) is 5.12. The van der Waals surface area contributed by atoms with Gasteiger partial charge in [0.15, 0.2) is 0 Å². The van der Waals surface area contributed by atoms with E-state index in [0.717, 1.165) is 0 Å². The molecule has 78 valence electrons. The number of hydrogen-bond acceptors (Lipinski definition) is 2. The van der Waals surface area contributed by atoms with Gasteiger partial charge >= 0.3 is 0 Å². The van der Waals surface area contributed by atoms with E-state index in [1.54, 1.807) is 12.1 Å². The zero-order chi connectivity index (χ0) is 11.3. The van der Waals surface area contributed by atoms with Gasteiger partial charge in [0.1, 0.15) is 11.6 Å². The number of rotatable bonds is 4. The van der Waals surface area contributed by atoms with Crippen LogP contribution in [0, 0.1) is 5.82 Å². The summed E-state index contributed by atoms with van der Waals surface area (Å²) < 4.78 is 13.3. The van der Waals surface area contributed by atoms with Gasteiger partial charge in [-0.15, -0.1) is 0 Å². The molecule has 1 aromatic rings. The standard InChI is InChI=1S/C10H10FN3O/c1-7(15)6-10(13-14-12)8-4-2-3-5-9(8)11/h2-5,10H,6H2,1H3.